The third-order valence-electron chi connectivity index (χ3n) is 3.16. The Kier molecular flexibility index (Phi) is 4.34. The zero-order valence-corrected chi connectivity index (χ0v) is 11.7. The summed E-state index contributed by atoms with van der Waals surface area (Å²) < 4.78 is 0. The molecule has 0 aliphatic carbocycles. The molecule has 0 bridgehead atoms. The average Bonchev–Trinajstić information content (AvgIpc) is 2.47. The van der Waals surface area contributed by atoms with Gasteiger partial charge >= 0.3 is 0 Å². The molecular weight excluding hydrogens is 248 g/mol. The molecule has 0 saturated carbocycles. The highest BCUT2D eigenvalue weighted by molar-refractivity contribution is 5.42. The number of hydrogen-bond acceptors (Lipinski definition) is 4. The number of aromatic nitrogens is 1. The summed E-state index contributed by atoms with van der Waals surface area (Å²) in [6, 6.07) is 13.7. The van der Waals surface area contributed by atoms with Gasteiger partial charge in [0.1, 0.15) is 5.82 Å². The zero-order valence-electron chi connectivity index (χ0n) is 11.7. The van der Waals surface area contributed by atoms with Crippen LogP contribution in [0.2, 0.25) is 0 Å². The second-order valence-corrected chi connectivity index (χ2v) is 4.90. The number of pyridine rings is 1. The van der Waals surface area contributed by atoms with Crippen molar-refractivity contribution in [3.63, 3.8) is 0 Å². The Hall–Kier alpha value is -2.38. The van der Waals surface area contributed by atoms with Crippen LogP contribution in [0.3, 0.4) is 0 Å². The Balaban J connectivity index is 2.17. The Labute approximate surface area is 119 Å². The highest BCUT2D eigenvalue weighted by Gasteiger charge is 2.07. The Bertz CT molecular complexity index is 628. The van der Waals surface area contributed by atoms with Crippen molar-refractivity contribution in [2.24, 2.45) is 5.73 Å². The first-order valence-electron chi connectivity index (χ1n) is 6.52. The van der Waals surface area contributed by atoms with Crippen LogP contribution >= 0.6 is 0 Å². The van der Waals surface area contributed by atoms with E-state index < -0.39 is 0 Å². The minimum Gasteiger partial charge on any atom is -0.355 e. The molecule has 2 rings (SSSR count). The molecule has 0 aliphatic heterocycles. The van der Waals surface area contributed by atoms with Gasteiger partial charge in [-0.1, -0.05) is 12.1 Å². The summed E-state index contributed by atoms with van der Waals surface area (Å²) in [5, 5.41) is 8.92. The predicted octanol–water partition coefficient (Wildman–Crippen LogP) is 2.61. The van der Waals surface area contributed by atoms with Crippen molar-refractivity contribution in [1.29, 1.82) is 5.26 Å². The molecule has 0 unspecified atom stereocenters. The summed E-state index contributed by atoms with van der Waals surface area (Å²) >= 11 is 0. The third-order valence-corrected chi connectivity index (χ3v) is 3.16. The predicted molar refractivity (Wildman–Crippen MR) is 80.1 cm³/mol. The second kappa shape index (κ2) is 6.18. The van der Waals surface area contributed by atoms with Gasteiger partial charge in [0.05, 0.1) is 11.6 Å². The Morgan fingerprint density at radius 3 is 2.85 bits per heavy atom. The molecule has 4 heteroatoms. The summed E-state index contributed by atoms with van der Waals surface area (Å²) in [7, 11) is 1.98. The van der Waals surface area contributed by atoms with Gasteiger partial charge in [0, 0.05) is 25.8 Å². The number of nitrogens with two attached hydrogens (primary N) is 1. The van der Waals surface area contributed by atoms with Crippen LogP contribution in [0.5, 0.6) is 0 Å². The first-order chi connectivity index (χ1) is 9.60. The molecule has 4 nitrogen and oxygen atoms in total. The van der Waals surface area contributed by atoms with Gasteiger partial charge < -0.3 is 10.6 Å². The van der Waals surface area contributed by atoms with E-state index in [0.717, 1.165) is 16.9 Å². The van der Waals surface area contributed by atoms with Crippen LogP contribution < -0.4 is 10.6 Å². The van der Waals surface area contributed by atoms with Crippen molar-refractivity contribution in [2.75, 3.05) is 11.9 Å². The maximum Gasteiger partial charge on any atom is 0.128 e. The van der Waals surface area contributed by atoms with Crippen molar-refractivity contribution in [3.8, 4) is 6.07 Å². The average molecular weight is 266 g/mol. The van der Waals surface area contributed by atoms with Gasteiger partial charge in [-0.05, 0) is 42.3 Å². The quantitative estimate of drug-likeness (QED) is 0.923. The summed E-state index contributed by atoms with van der Waals surface area (Å²) in [6.07, 6.45) is 1.77. The van der Waals surface area contributed by atoms with Crippen LogP contribution in [-0.4, -0.2) is 12.0 Å². The van der Waals surface area contributed by atoms with E-state index in [0.29, 0.717) is 12.1 Å². The van der Waals surface area contributed by atoms with Gasteiger partial charge in [-0.2, -0.15) is 5.26 Å². The molecule has 1 heterocycles. The summed E-state index contributed by atoms with van der Waals surface area (Å²) in [5.41, 5.74) is 8.71. The van der Waals surface area contributed by atoms with E-state index in [-0.39, 0.29) is 6.04 Å². The Morgan fingerprint density at radius 1 is 1.35 bits per heavy atom. The lowest BCUT2D eigenvalue weighted by Gasteiger charge is -2.19. The molecular formula is C16H18N4. The third kappa shape index (κ3) is 3.34. The van der Waals surface area contributed by atoms with Crippen molar-refractivity contribution < 1.29 is 0 Å². The fourth-order valence-corrected chi connectivity index (χ4v) is 2.02. The lowest BCUT2D eigenvalue weighted by molar-refractivity contribution is 0.809. The van der Waals surface area contributed by atoms with Crippen LogP contribution in [0.15, 0.2) is 42.6 Å². The fourth-order valence-electron chi connectivity index (χ4n) is 2.02. The number of nitrogens with zero attached hydrogens (tertiary/aromatic N) is 3. The number of benzene rings is 1. The van der Waals surface area contributed by atoms with Gasteiger partial charge in [-0.25, -0.2) is 4.98 Å². The van der Waals surface area contributed by atoms with Gasteiger partial charge in [-0.3, -0.25) is 0 Å². The maximum absolute atomic E-state index is 8.92. The first-order valence-corrected chi connectivity index (χ1v) is 6.52. The van der Waals surface area contributed by atoms with Gasteiger partial charge in [0.25, 0.3) is 0 Å². The zero-order chi connectivity index (χ0) is 14.5. The molecule has 102 valence electrons. The Morgan fingerprint density at radius 2 is 2.15 bits per heavy atom. The van der Waals surface area contributed by atoms with E-state index in [4.69, 9.17) is 11.0 Å². The molecule has 0 amide bonds. The lowest BCUT2D eigenvalue weighted by Crippen LogP contribution is -2.18. The van der Waals surface area contributed by atoms with Gasteiger partial charge in [0.2, 0.25) is 0 Å². The van der Waals surface area contributed by atoms with E-state index in [9.17, 15) is 0 Å². The van der Waals surface area contributed by atoms with E-state index in [1.165, 1.54) is 0 Å². The van der Waals surface area contributed by atoms with Crippen molar-refractivity contribution in [3.05, 3.63) is 59.3 Å². The molecule has 1 aromatic heterocycles. The van der Waals surface area contributed by atoms with Crippen molar-refractivity contribution >= 4 is 5.82 Å². The van der Waals surface area contributed by atoms with Gasteiger partial charge in [0.15, 0.2) is 0 Å². The number of hydrogen-bond donors (Lipinski definition) is 1. The highest BCUT2D eigenvalue weighted by Crippen LogP contribution is 2.17. The minimum atomic E-state index is -0.00735. The summed E-state index contributed by atoms with van der Waals surface area (Å²) in [5.74, 6) is 0.877. The smallest absolute Gasteiger partial charge is 0.128 e. The van der Waals surface area contributed by atoms with Crippen LogP contribution in [0.25, 0.3) is 0 Å². The second-order valence-electron chi connectivity index (χ2n) is 4.90. The SMILES string of the molecule is C[C@H](N)c1ccnc(N(C)Cc2cccc(C#N)c2)c1. The van der Waals surface area contributed by atoms with E-state index in [1.54, 1.807) is 12.3 Å². The largest absolute Gasteiger partial charge is 0.355 e. The maximum atomic E-state index is 8.92. The first kappa shape index (κ1) is 14.0. The molecule has 0 radical (unpaired) electrons. The van der Waals surface area contributed by atoms with E-state index in [1.807, 2.05) is 49.2 Å². The molecule has 1 atom stereocenters. The van der Waals surface area contributed by atoms with E-state index >= 15 is 0 Å². The molecule has 0 aliphatic rings. The fraction of sp³-hybridized carbons (Fsp3) is 0.250. The molecule has 0 spiro atoms. The van der Waals surface area contributed by atoms with Crippen LogP contribution in [-0.2, 0) is 6.54 Å². The van der Waals surface area contributed by atoms with Crippen molar-refractivity contribution in [1.82, 2.24) is 4.98 Å². The molecule has 1 aromatic carbocycles. The normalized spacial score (nSPS) is 11.7. The van der Waals surface area contributed by atoms with Crippen molar-refractivity contribution in [2.45, 2.75) is 19.5 Å². The number of rotatable bonds is 4. The standard InChI is InChI=1S/C16H18N4/c1-12(18)15-6-7-19-16(9-15)20(2)11-14-5-3-4-13(8-14)10-17/h3-9,12H,11,18H2,1-2H3/t12-/m0/s1. The molecule has 2 N–H and O–H groups in total. The lowest BCUT2D eigenvalue weighted by atomic mass is 10.1. The minimum absolute atomic E-state index is 0.00735. The molecule has 2 aromatic rings. The van der Waals surface area contributed by atoms with Crippen LogP contribution in [0.1, 0.15) is 29.7 Å². The number of nitriles is 1. The monoisotopic (exact) mass is 266 g/mol. The highest BCUT2D eigenvalue weighted by atomic mass is 15.2. The van der Waals surface area contributed by atoms with E-state index in [2.05, 4.69) is 11.1 Å². The van der Waals surface area contributed by atoms with Crippen LogP contribution in [0, 0.1) is 11.3 Å². The topological polar surface area (TPSA) is 65.9 Å². The van der Waals surface area contributed by atoms with Gasteiger partial charge in [-0.15, -0.1) is 0 Å². The molecule has 0 saturated heterocycles. The number of anilines is 1. The summed E-state index contributed by atoms with van der Waals surface area (Å²) in [6.45, 7) is 2.65. The van der Waals surface area contributed by atoms with Crippen LogP contribution in [0.4, 0.5) is 5.82 Å². The molecule has 20 heavy (non-hydrogen) atoms. The molecule has 0 fully saturated rings. The summed E-state index contributed by atoms with van der Waals surface area (Å²) in [4.78, 5) is 6.41.